The van der Waals surface area contributed by atoms with Crippen molar-refractivity contribution in [3.63, 3.8) is 0 Å². The highest BCUT2D eigenvalue weighted by molar-refractivity contribution is 5.79. The van der Waals surface area contributed by atoms with Gasteiger partial charge in [0.25, 0.3) is 0 Å². The van der Waals surface area contributed by atoms with Crippen LogP contribution in [0.3, 0.4) is 0 Å². The van der Waals surface area contributed by atoms with E-state index in [2.05, 4.69) is 24.0 Å². The van der Waals surface area contributed by atoms with Gasteiger partial charge in [-0.2, -0.15) is 0 Å². The first kappa shape index (κ1) is 20.3. The molecule has 0 amide bonds. The van der Waals surface area contributed by atoms with E-state index in [1.165, 1.54) is 0 Å². The number of allylic oxidation sites excluding steroid dienone is 1. The first-order chi connectivity index (χ1) is 13.5. The summed E-state index contributed by atoms with van der Waals surface area (Å²) in [4.78, 5) is 0. The summed E-state index contributed by atoms with van der Waals surface area (Å²) in [5, 5.41) is 25.0. The van der Waals surface area contributed by atoms with E-state index in [9.17, 15) is 10.2 Å². The average molecular weight is 379 g/mol. The van der Waals surface area contributed by atoms with Gasteiger partial charge < -0.3 is 21.3 Å². The molecule has 0 saturated heterocycles. The van der Waals surface area contributed by atoms with Crippen molar-refractivity contribution >= 4 is 11.3 Å². The third-order valence-corrected chi connectivity index (χ3v) is 5.94. The predicted molar refractivity (Wildman–Crippen MR) is 115 cm³/mol. The average Bonchev–Trinajstić information content (AvgIpc) is 3.05. The SMILES string of the molecule is C=C(c1ccccc1N)C1(O)CC(/C(=C/C)CO)CC1NCc1ccccc1. The van der Waals surface area contributed by atoms with Crippen LogP contribution in [0.15, 0.2) is 72.8 Å². The van der Waals surface area contributed by atoms with Crippen LogP contribution in [-0.4, -0.2) is 28.5 Å². The van der Waals surface area contributed by atoms with Crippen molar-refractivity contribution in [3.05, 3.63) is 84.0 Å². The zero-order chi connectivity index (χ0) is 20.1. The molecule has 1 aliphatic carbocycles. The Balaban J connectivity index is 1.89. The number of nitrogens with one attached hydrogen (secondary N) is 1. The minimum Gasteiger partial charge on any atom is -0.398 e. The molecule has 0 radical (unpaired) electrons. The molecular weight excluding hydrogens is 348 g/mol. The van der Waals surface area contributed by atoms with Gasteiger partial charge in [-0.05, 0) is 48.5 Å². The molecule has 0 aliphatic heterocycles. The second kappa shape index (κ2) is 8.74. The number of para-hydroxylation sites is 1. The van der Waals surface area contributed by atoms with Gasteiger partial charge in [-0.25, -0.2) is 0 Å². The van der Waals surface area contributed by atoms with E-state index in [-0.39, 0.29) is 18.6 Å². The summed E-state index contributed by atoms with van der Waals surface area (Å²) in [6.07, 6.45) is 3.19. The van der Waals surface area contributed by atoms with Gasteiger partial charge in [-0.15, -0.1) is 0 Å². The van der Waals surface area contributed by atoms with E-state index < -0.39 is 5.60 Å². The summed E-state index contributed by atoms with van der Waals surface area (Å²) < 4.78 is 0. The number of anilines is 1. The van der Waals surface area contributed by atoms with Crippen LogP contribution in [0.25, 0.3) is 5.57 Å². The molecule has 0 aromatic heterocycles. The molecule has 1 fully saturated rings. The highest BCUT2D eigenvalue weighted by Gasteiger charge is 2.48. The second-order valence-electron chi connectivity index (χ2n) is 7.57. The molecule has 3 unspecified atom stereocenters. The van der Waals surface area contributed by atoms with Crippen LogP contribution in [0.1, 0.15) is 30.9 Å². The lowest BCUT2D eigenvalue weighted by atomic mass is 9.83. The maximum absolute atomic E-state index is 11.8. The van der Waals surface area contributed by atoms with E-state index in [1.54, 1.807) is 0 Å². The van der Waals surface area contributed by atoms with Crippen LogP contribution in [0, 0.1) is 5.92 Å². The van der Waals surface area contributed by atoms with Crippen molar-refractivity contribution in [2.45, 2.75) is 38.0 Å². The number of aliphatic hydroxyl groups excluding tert-OH is 1. The molecule has 0 bridgehead atoms. The molecule has 3 atom stereocenters. The fourth-order valence-corrected chi connectivity index (χ4v) is 4.25. The zero-order valence-corrected chi connectivity index (χ0v) is 16.4. The third-order valence-electron chi connectivity index (χ3n) is 5.94. The molecule has 2 aromatic carbocycles. The lowest BCUT2D eigenvalue weighted by molar-refractivity contribution is 0.0768. The summed E-state index contributed by atoms with van der Waals surface area (Å²) in [5.74, 6) is 0.0926. The Bertz CT molecular complexity index is 847. The number of nitrogens with two attached hydrogens (primary N) is 1. The molecule has 4 heteroatoms. The largest absolute Gasteiger partial charge is 0.398 e. The van der Waals surface area contributed by atoms with E-state index in [0.29, 0.717) is 24.2 Å². The van der Waals surface area contributed by atoms with Gasteiger partial charge in [0.2, 0.25) is 0 Å². The van der Waals surface area contributed by atoms with Crippen LogP contribution in [0.2, 0.25) is 0 Å². The Hall–Kier alpha value is -2.40. The van der Waals surface area contributed by atoms with E-state index >= 15 is 0 Å². The van der Waals surface area contributed by atoms with Gasteiger partial charge >= 0.3 is 0 Å². The quantitative estimate of drug-likeness (QED) is 0.439. The van der Waals surface area contributed by atoms with Crippen LogP contribution < -0.4 is 11.1 Å². The van der Waals surface area contributed by atoms with Crippen molar-refractivity contribution < 1.29 is 10.2 Å². The Morgan fingerprint density at radius 3 is 2.54 bits per heavy atom. The minimum atomic E-state index is -1.14. The summed E-state index contributed by atoms with van der Waals surface area (Å²) in [7, 11) is 0. The first-order valence-electron chi connectivity index (χ1n) is 9.79. The van der Waals surface area contributed by atoms with Crippen molar-refractivity contribution in [1.29, 1.82) is 0 Å². The fraction of sp³-hybridized carbons (Fsp3) is 0.333. The van der Waals surface area contributed by atoms with Crippen LogP contribution in [0.5, 0.6) is 0 Å². The molecule has 0 spiro atoms. The standard InChI is InChI=1S/C24H30N2O2/c1-3-19(16-27)20-13-23(26-15-18-9-5-4-6-10-18)24(28,14-20)17(2)21-11-7-8-12-22(21)25/h3-12,20,23,26-28H,2,13-16,25H2,1H3/b19-3+. The lowest BCUT2D eigenvalue weighted by Crippen LogP contribution is -2.47. The molecule has 1 saturated carbocycles. The predicted octanol–water partition coefficient (Wildman–Crippen LogP) is 3.52. The summed E-state index contributed by atoms with van der Waals surface area (Å²) in [6.45, 7) is 6.83. The zero-order valence-electron chi connectivity index (χ0n) is 16.4. The number of hydrogen-bond acceptors (Lipinski definition) is 4. The Kier molecular flexibility index (Phi) is 6.35. The molecule has 4 nitrogen and oxygen atoms in total. The maximum Gasteiger partial charge on any atom is 0.106 e. The number of hydrogen-bond donors (Lipinski definition) is 4. The smallest absolute Gasteiger partial charge is 0.106 e. The molecule has 1 aliphatic rings. The van der Waals surface area contributed by atoms with Gasteiger partial charge in [-0.3, -0.25) is 0 Å². The molecule has 28 heavy (non-hydrogen) atoms. The summed E-state index contributed by atoms with van der Waals surface area (Å²) in [5.41, 5.74) is 9.16. The second-order valence-corrected chi connectivity index (χ2v) is 7.57. The van der Waals surface area contributed by atoms with Gasteiger partial charge in [0.1, 0.15) is 5.60 Å². The fourth-order valence-electron chi connectivity index (χ4n) is 4.25. The van der Waals surface area contributed by atoms with Crippen molar-refractivity contribution in [2.75, 3.05) is 12.3 Å². The normalized spacial score (nSPS) is 25.0. The van der Waals surface area contributed by atoms with E-state index in [4.69, 9.17) is 5.73 Å². The highest BCUT2D eigenvalue weighted by atomic mass is 16.3. The van der Waals surface area contributed by atoms with E-state index in [1.807, 2.05) is 55.5 Å². The minimum absolute atomic E-state index is 0.00258. The molecular formula is C24H30N2O2. The van der Waals surface area contributed by atoms with Crippen LogP contribution >= 0.6 is 0 Å². The lowest BCUT2D eigenvalue weighted by Gasteiger charge is -2.33. The molecule has 2 aromatic rings. The van der Waals surface area contributed by atoms with E-state index in [0.717, 1.165) is 23.1 Å². The van der Waals surface area contributed by atoms with Gasteiger partial charge in [-0.1, -0.05) is 61.2 Å². The maximum atomic E-state index is 11.8. The monoisotopic (exact) mass is 378 g/mol. The number of nitrogen functional groups attached to an aromatic ring is 1. The number of benzene rings is 2. The third kappa shape index (κ3) is 4.04. The summed E-state index contributed by atoms with van der Waals surface area (Å²) >= 11 is 0. The topological polar surface area (TPSA) is 78.5 Å². The first-order valence-corrected chi connectivity index (χ1v) is 9.79. The van der Waals surface area contributed by atoms with Crippen molar-refractivity contribution in [1.82, 2.24) is 5.32 Å². The highest BCUT2D eigenvalue weighted by Crippen LogP contribution is 2.46. The van der Waals surface area contributed by atoms with Crippen molar-refractivity contribution in [2.24, 2.45) is 5.92 Å². The van der Waals surface area contributed by atoms with Gasteiger partial charge in [0.05, 0.1) is 6.61 Å². The Labute approximate surface area is 167 Å². The molecule has 0 heterocycles. The van der Waals surface area contributed by atoms with Crippen molar-refractivity contribution in [3.8, 4) is 0 Å². The van der Waals surface area contributed by atoms with Crippen LogP contribution in [0.4, 0.5) is 5.69 Å². The molecule has 148 valence electrons. The van der Waals surface area contributed by atoms with Crippen LogP contribution in [-0.2, 0) is 6.54 Å². The number of rotatable bonds is 7. The van der Waals surface area contributed by atoms with Gasteiger partial charge in [0, 0.05) is 23.8 Å². The molecule has 3 rings (SSSR count). The Morgan fingerprint density at radius 2 is 1.89 bits per heavy atom. The number of aliphatic hydroxyl groups is 2. The molecule has 5 N–H and O–H groups in total. The Morgan fingerprint density at radius 1 is 1.21 bits per heavy atom. The summed E-state index contributed by atoms with van der Waals surface area (Å²) in [6, 6.07) is 17.5. The van der Waals surface area contributed by atoms with Gasteiger partial charge in [0.15, 0.2) is 0 Å².